The molecule has 2 aromatic rings. The second-order valence-corrected chi connectivity index (χ2v) is 4.45. The first-order valence-electron chi connectivity index (χ1n) is 5.72. The van der Waals surface area contributed by atoms with Crippen LogP contribution in [0.15, 0.2) is 41.0 Å². The van der Waals surface area contributed by atoms with Gasteiger partial charge in [-0.15, -0.1) is 0 Å². The van der Waals surface area contributed by atoms with E-state index in [-0.39, 0.29) is 0 Å². The average molecular weight is 213 g/mol. The Hall–Kier alpha value is -1.54. The largest absolute Gasteiger partial charge is 0.464 e. The van der Waals surface area contributed by atoms with E-state index in [0.29, 0.717) is 5.92 Å². The number of furan rings is 1. The van der Waals surface area contributed by atoms with E-state index >= 15 is 0 Å². The zero-order valence-electron chi connectivity index (χ0n) is 9.36. The van der Waals surface area contributed by atoms with E-state index in [2.05, 4.69) is 30.4 Å². The van der Waals surface area contributed by atoms with Crippen molar-refractivity contribution in [2.75, 3.05) is 13.1 Å². The van der Waals surface area contributed by atoms with Crippen molar-refractivity contribution in [3.63, 3.8) is 0 Å². The summed E-state index contributed by atoms with van der Waals surface area (Å²) in [4.78, 5) is 0. The molecule has 1 aliphatic rings. The lowest BCUT2D eigenvalue weighted by Crippen LogP contribution is -2.26. The van der Waals surface area contributed by atoms with E-state index in [0.717, 1.165) is 18.7 Å². The van der Waals surface area contributed by atoms with Crippen LogP contribution >= 0.6 is 0 Å². The maximum absolute atomic E-state index is 5.57. The Balaban J connectivity index is 2.12. The summed E-state index contributed by atoms with van der Waals surface area (Å²) in [7, 11) is 0. The molecule has 1 N–H and O–H groups in total. The van der Waals surface area contributed by atoms with Crippen LogP contribution < -0.4 is 5.32 Å². The molecule has 2 heteroatoms. The average Bonchev–Trinajstić information content (AvgIpc) is 2.72. The lowest BCUT2D eigenvalue weighted by atomic mass is 9.97. The third-order valence-electron chi connectivity index (χ3n) is 3.09. The number of hydrogen-bond donors (Lipinski definition) is 1. The van der Waals surface area contributed by atoms with Gasteiger partial charge in [0.05, 0.1) is 6.26 Å². The quantitative estimate of drug-likeness (QED) is 0.787. The molecule has 0 aliphatic carbocycles. The van der Waals surface area contributed by atoms with Crippen molar-refractivity contribution < 1.29 is 4.42 Å². The van der Waals surface area contributed by atoms with Gasteiger partial charge in [0.2, 0.25) is 0 Å². The molecule has 1 aromatic heterocycles. The van der Waals surface area contributed by atoms with E-state index < -0.39 is 0 Å². The molecule has 0 unspecified atom stereocenters. The minimum Gasteiger partial charge on any atom is -0.464 e. The van der Waals surface area contributed by atoms with E-state index in [1.807, 2.05) is 18.4 Å². The zero-order chi connectivity index (χ0) is 11.0. The molecule has 1 aromatic carbocycles. The van der Waals surface area contributed by atoms with Crippen LogP contribution in [0.3, 0.4) is 0 Å². The van der Waals surface area contributed by atoms with Crippen LogP contribution in [0.1, 0.15) is 12.5 Å². The molecule has 1 atom stereocenters. The van der Waals surface area contributed by atoms with Crippen molar-refractivity contribution in [1.29, 1.82) is 0 Å². The van der Waals surface area contributed by atoms with Crippen molar-refractivity contribution in [2.24, 2.45) is 5.92 Å². The highest BCUT2D eigenvalue weighted by atomic mass is 16.3. The van der Waals surface area contributed by atoms with Gasteiger partial charge in [0.15, 0.2) is 0 Å². The Morgan fingerprint density at radius 3 is 3.06 bits per heavy atom. The Bertz CT molecular complexity index is 538. The molecular formula is C14H15NO. The number of nitrogens with one attached hydrogen (secondary N) is 1. The highest BCUT2D eigenvalue weighted by molar-refractivity contribution is 5.91. The fraction of sp³-hybridized carbons (Fsp3) is 0.286. The normalized spacial score (nSPS) is 21.1. The molecular weight excluding hydrogens is 198 g/mol. The van der Waals surface area contributed by atoms with Crippen LogP contribution in [0.2, 0.25) is 0 Å². The van der Waals surface area contributed by atoms with Crippen LogP contribution in [0.25, 0.3) is 16.5 Å². The Morgan fingerprint density at radius 1 is 1.31 bits per heavy atom. The minimum absolute atomic E-state index is 0.595. The van der Waals surface area contributed by atoms with Crippen LogP contribution in [0, 0.1) is 5.92 Å². The van der Waals surface area contributed by atoms with Gasteiger partial charge in [-0.2, -0.15) is 0 Å². The monoisotopic (exact) mass is 213 g/mol. The summed E-state index contributed by atoms with van der Waals surface area (Å²) in [6.45, 7) is 4.24. The van der Waals surface area contributed by atoms with Crippen LogP contribution in [0.5, 0.6) is 0 Å². The molecule has 2 heterocycles. The second-order valence-electron chi connectivity index (χ2n) is 4.45. The molecule has 0 radical (unpaired) electrons. The van der Waals surface area contributed by atoms with E-state index in [9.17, 15) is 0 Å². The van der Waals surface area contributed by atoms with Gasteiger partial charge >= 0.3 is 0 Å². The van der Waals surface area contributed by atoms with Gasteiger partial charge in [-0.1, -0.05) is 31.2 Å². The van der Waals surface area contributed by atoms with Crippen LogP contribution in [-0.2, 0) is 0 Å². The lowest BCUT2D eigenvalue weighted by molar-refractivity contribution is 0.601. The summed E-state index contributed by atoms with van der Waals surface area (Å²) in [5.74, 6) is 0.595. The second kappa shape index (κ2) is 3.80. The maximum Gasteiger partial charge on any atom is 0.134 e. The fourth-order valence-corrected chi connectivity index (χ4v) is 2.31. The van der Waals surface area contributed by atoms with Gasteiger partial charge in [-0.05, 0) is 17.6 Å². The highest BCUT2D eigenvalue weighted by Crippen LogP contribution is 2.28. The number of rotatable bonds is 1. The van der Waals surface area contributed by atoms with E-state index in [1.165, 1.54) is 16.5 Å². The minimum atomic E-state index is 0.595. The predicted octanol–water partition coefficient (Wildman–Crippen LogP) is 3.06. The SMILES string of the molecule is C[C@H]1C=C(c2coc3ccccc23)CNC1. The summed E-state index contributed by atoms with van der Waals surface area (Å²) in [6, 6.07) is 8.20. The molecule has 0 saturated heterocycles. The summed E-state index contributed by atoms with van der Waals surface area (Å²) in [5, 5.41) is 4.64. The lowest BCUT2D eigenvalue weighted by Gasteiger charge is -2.18. The third-order valence-corrected chi connectivity index (χ3v) is 3.09. The maximum atomic E-state index is 5.57. The van der Waals surface area contributed by atoms with Crippen molar-refractivity contribution in [1.82, 2.24) is 5.32 Å². The van der Waals surface area contributed by atoms with Gasteiger partial charge in [-0.3, -0.25) is 0 Å². The summed E-state index contributed by atoms with van der Waals surface area (Å²) in [5.41, 5.74) is 3.55. The first kappa shape index (κ1) is 9.67. The van der Waals surface area contributed by atoms with Gasteiger partial charge in [0, 0.05) is 24.0 Å². The molecule has 82 valence electrons. The third kappa shape index (κ3) is 1.55. The van der Waals surface area contributed by atoms with Gasteiger partial charge in [0.1, 0.15) is 5.58 Å². The van der Waals surface area contributed by atoms with Crippen molar-refractivity contribution >= 4 is 16.5 Å². The van der Waals surface area contributed by atoms with Gasteiger partial charge < -0.3 is 9.73 Å². The first-order chi connectivity index (χ1) is 7.84. The van der Waals surface area contributed by atoms with Crippen molar-refractivity contribution in [3.05, 3.63) is 42.2 Å². The van der Waals surface area contributed by atoms with E-state index in [4.69, 9.17) is 4.42 Å². The highest BCUT2D eigenvalue weighted by Gasteiger charge is 2.14. The molecule has 3 rings (SSSR count). The Morgan fingerprint density at radius 2 is 2.19 bits per heavy atom. The Labute approximate surface area is 95.0 Å². The zero-order valence-corrected chi connectivity index (χ0v) is 9.36. The molecule has 1 aliphatic heterocycles. The van der Waals surface area contributed by atoms with Crippen molar-refractivity contribution in [2.45, 2.75) is 6.92 Å². The van der Waals surface area contributed by atoms with Crippen LogP contribution in [-0.4, -0.2) is 13.1 Å². The molecule has 16 heavy (non-hydrogen) atoms. The summed E-state index contributed by atoms with van der Waals surface area (Å²) >= 11 is 0. The Kier molecular flexibility index (Phi) is 2.29. The number of hydrogen-bond acceptors (Lipinski definition) is 2. The fourth-order valence-electron chi connectivity index (χ4n) is 2.31. The molecule has 0 bridgehead atoms. The number of benzene rings is 1. The standard InChI is InChI=1S/C14H15NO/c1-10-6-11(8-15-7-10)13-9-16-14-5-3-2-4-12(13)14/h2-6,9-10,15H,7-8H2,1H3/t10-/m0/s1. The van der Waals surface area contributed by atoms with E-state index in [1.54, 1.807) is 0 Å². The predicted molar refractivity (Wildman–Crippen MR) is 66.2 cm³/mol. The van der Waals surface area contributed by atoms with Gasteiger partial charge in [0.25, 0.3) is 0 Å². The van der Waals surface area contributed by atoms with Gasteiger partial charge in [-0.25, -0.2) is 0 Å². The molecule has 0 saturated carbocycles. The van der Waals surface area contributed by atoms with Crippen LogP contribution in [0.4, 0.5) is 0 Å². The molecule has 0 spiro atoms. The van der Waals surface area contributed by atoms with Crippen molar-refractivity contribution in [3.8, 4) is 0 Å². The number of para-hydroxylation sites is 1. The number of fused-ring (bicyclic) bond motifs is 1. The topological polar surface area (TPSA) is 25.2 Å². The smallest absolute Gasteiger partial charge is 0.134 e. The summed E-state index contributed by atoms with van der Waals surface area (Å²) in [6.07, 6.45) is 4.21. The molecule has 2 nitrogen and oxygen atoms in total. The molecule has 0 amide bonds. The first-order valence-corrected chi connectivity index (χ1v) is 5.72. The summed E-state index contributed by atoms with van der Waals surface area (Å²) < 4.78 is 5.57. The molecule has 0 fully saturated rings.